The number of rotatable bonds is 1. The maximum Gasteiger partial charge on any atom is 0.143 e. The number of Topliss-reactive ketones (excluding diaryl/α,β-unsaturated/α-hetero) is 1. The molecule has 2 rings (SSSR count). The minimum atomic E-state index is 0.282. The second-order valence-electron chi connectivity index (χ2n) is 4.15. The highest BCUT2D eigenvalue weighted by atomic mass is 16.1. The SMILES string of the molecule is CCC1=NC2CCCCC2C(=O)C1. The molecular weight excluding hydrogens is 162 g/mol. The Morgan fingerprint density at radius 3 is 2.92 bits per heavy atom. The Morgan fingerprint density at radius 1 is 1.38 bits per heavy atom. The summed E-state index contributed by atoms with van der Waals surface area (Å²) in [5.74, 6) is 0.737. The van der Waals surface area contributed by atoms with E-state index in [1.807, 2.05) is 0 Å². The number of hydrogen-bond acceptors (Lipinski definition) is 2. The van der Waals surface area contributed by atoms with Crippen LogP contribution in [0.25, 0.3) is 0 Å². The van der Waals surface area contributed by atoms with Crippen molar-refractivity contribution in [3.05, 3.63) is 0 Å². The van der Waals surface area contributed by atoms with Crippen molar-refractivity contribution < 1.29 is 4.79 Å². The highest BCUT2D eigenvalue weighted by Gasteiger charge is 2.33. The zero-order chi connectivity index (χ0) is 9.26. The second-order valence-corrected chi connectivity index (χ2v) is 4.15. The van der Waals surface area contributed by atoms with Gasteiger partial charge in [0.25, 0.3) is 0 Å². The first-order chi connectivity index (χ1) is 6.31. The summed E-state index contributed by atoms with van der Waals surface area (Å²) in [6.07, 6.45) is 6.30. The molecular formula is C11H17NO. The van der Waals surface area contributed by atoms with E-state index in [4.69, 9.17) is 0 Å². The predicted molar refractivity (Wildman–Crippen MR) is 53.1 cm³/mol. The lowest BCUT2D eigenvalue weighted by Gasteiger charge is -2.31. The highest BCUT2D eigenvalue weighted by molar-refractivity contribution is 6.04. The van der Waals surface area contributed by atoms with Crippen LogP contribution in [-0.4, -0.2) is 17.5 Å². The smallest absolute Gasteiger partial charge is 0.143 e. The summed E-state index contributed by atoms with van der Waals surface area (Å²) < 4.78 is 0. The molecule has 72 valence electrons. The first-order valence-electron chi connectivity index (χ1n) is 5.39. The average molecular weight is 179 g/mol. The monoisotopic (exact) mass is 179 g/mol. The first kappa shape index (κ1) is 8.92. The Balaban J connectivity index is 2.17. The summed E-state index contributed by atoms with van der Waals surface area (Å²) in [5, 5.41) is 0. The van der Waals surface area contributed by atoms with Crippen molar-refractivity contribution in [2.75, 3.05) is 0 Å². The van der Waals surface area contributed by atoms with Crippen LogP contribution < -0.4 is 0 Å². The van der Waals surface area contributed by atoms with Gasteiger partial charge in [-0.1, -0.05) is 19.8 Å². The molecule has 0 radical (unpaired) electrons. The number of hydrogen-bond donors (Lipinski definition) is 0. The fraction of sp³-hybridized carbons (Fsp3) is 0.818. The molecule has 0 spiro atoms. The van der Waals surface area contributed by atoms with Crippen LogP contribution in [0.1, 0.15) is 45.4 Å². The Kier molecular flexibility index (Phi) is 2.47. The Bertz CT molecular complexity index is 244. The summed E-state index contributed by atoms with van der Waals surface area (Å²) in [4.78, 5) is 16.4. The van der Waals surface area contributed by atoms with Crippen LogP contribution in [0.4, 0.5) is 0 Å². The van der Waals surface area contributed by atoms with Crippen molar-refractivity contribution in [3.8, 4) is 0 Å². The molecule has 0 bridgehead atoms. The van der Waals surface area contributed by atoms with E-state index in [0.717, 1.165) is 25.0 Å². The average Bonchev–Trinajstić information content (AvgIpc) is 2.18. The Labute approximate surface area is 79.4 Å². The van der Waals surface area contributed by atoms with Crippen molar-refractivity contribution in [2.24, 2.45) is 10.9 Å². The molecule has 0 amide bonds. The van der Waals surface area contributed by atoms with Crippen molar-refractivity contribution >= 4 is 11.5 Å². The molecule has 2 unspecified atom stereocenters. The molecule has 2 nitrogen and oxygen atoms in total. The van der Waals surface area contributed by atoms with Gasteiger partial charge >= 0.3 is 0 Å². The highest BCUT2D eigenvalue weighted by Crippen LogP contribution is 2.31. The minimum Gasteiger partial charge on any atom is -0.299 e. The molecule has 0 aromatic carbocycles. The molecule has 13 heavy (non-hydrogen) atoms. The van der Waals surface area contributed by atoms with Crippen LogP contribution in [-0.2, 0) is 4.79 Å². The van der Waals surface area contributed by atoms with Gasteiger partial charge < -0.3 is 0 Å². The summed E-state index contributed by atoms with van der Waals surface area (Å²) in [6.45, 7) is 2.09. The molecule has 0 N–H and O–H groups in total. The van der Waals surface area contributed by atoms with Crippen LogP contribution in [0.15, 0.2) is 4.99 Å². The van der Waals surface area contributed by atoms with Gasteiger partial charge in [0.15, 0.2) is 0 Å². The van der Waals surface area contributed by atoms with Gasteiger partial charge in [-0.15, -0.1) is 0 Å². The minimum absolute atomic E-state index is 0.282. The van der Waals surface area contributed by atoms with Crippen molar-refractivity contribution in [3.63, 3.8) is 0 Å². The molecule has 1 heterocycles. The van der Waals surface area contributed by atoms with E-state index >= 15 is 0 Å². The molecule has 1 fully saturated rings. The first-order valence-corrected chi connectivity index (χ1v) is 5.39. The third-order valence-electron chi connectivity index (χ3n) is 3.28. The van der Waals surface area contributed by atoms with Gasteiger partial charge in [-0.3, -0.25) is 9.79 Å². The molecule has 0 aromatic heterocycles. The summed E-state index contributed by atoms with van der Waals surface area (Å²) in [7, 11) is 0. The number of carbonyl (C=O) groups excluding carboxylic acids is 1. The molecule has 0 saturated heterocycles. The molecule has 1 saturated carbocycles. The predicted octanol–water partition coefficient (Wildman–Crippen LogP) is 2.37. The molecule has 1 aliphatic carbocycles. The topological polar surface area (TPSA) is 29.4 Å². The van der Waals surface area contributed by atoms with E-state index in [9.17, 15) is 4.79 Å². The van der Waals surface area contributed by atoms with Crippen molar-refractivity contribution in [1.29, 1.82) is 0 Å². The van der Waals surface area contributed by atoms with Gasteiger partial charge in [-0.25, -0.2) is 0 Å². The van der Waals surface area contributed by atoms with Gasteiger partial charge in [0.2, 0.25) is 0 Å². The van der Waals surface area contributed by atoms with Gasteiger partial charge in [-0.05, 0) is 19.3 Å². The number of fused-ring (bicyclic) bond motifs is 1. The maximum absolute atomic E-state index is 11.7. The van der Waals surface area contributed by atoms with Crippen LogP contribution in [0, 0.1) is 5.92 Å². The van der Waals surface area contributed by atoms with Crippen molar-refractivity contribution in [1.82, 2.24) is 0 Å². The normalized spacial score (nSPS) is 33.9. The summed E-state index contributed by atoms with van der Waals surface area (Å²) >= 11 is 0. The molecule has 2 heteroatoms. The number of nitrogens with zero attached hydrogens (tertiary/aromatic N) is 1. The molecule has 0 aromatic rings. The maximum atomic E-state index is 11.7. The van der Waals surface area contributed by atoms with E-state index in [0.29, 0.717) is 18.2 Å². The van der Waals surface area contributed by atoms with E-state index in [1.54, 1.807) is 0 Å². The van der Waals surface area contributed by atoms with Crippen LogP contribution in [0.5, 0.6) is 0 Å². The molecule has 2 aliphatic rings. The molecule has 2 atom stereocenters. The van der Waals surface area contributed by atoms with E-state index in [-0.39, 0.29) is 5.92 Å². The van der Waals surface area contributed by atoms with Gasteiger partial charge in [0.1, 0.15) is 5.78 Å². The molecule has 1 aliphatic heterocycles. The van der Waals surface area contributed by atoms with Crippen LogP contribution in [0.2, 0.25) is 0 Å². The van der Waals surface area contributed by atoms with Crippen molar-refractivity contribution in [2.45, 2.75) is 51.5 Å². The van der Waals surface area contributed by atoms with Crippen LogP contribution in [0.3, 0.4) is 0 Å². The van der Waals surface area contributed by atoms with Gasteiger partial charge in [-0.2, -0.15) is 0 Å². The zero-order valence-electron chi connectivity index (χ0n) is 8.25. The third kappa shape index (κ3) is 1.67. The van der Waals surface area contributed by atoms with Gasteiger partial charge in [0.05, 0.1) is 6.04 Å². The van der Waals surface area contributed by atoms with Gasteiger partial charge in [0, 0.05) is 18.1 Å². The Hall–Kier alpha value is -0.660. The lowest BCUT2D eigenvalue weighted by atomic mass is 9.78. The largest absolute Gasteiger partial charge is 0.299 e. The fourth-order valence-electron chi connectivity index (χ4n) is 2.47. The second kappa shape index (κ2) is 3.60. The van der Waals surface area contributed by atoms with E-state index in [2.05, 4.69) is 11.9 Å². The number of ketones is 1. The summed E-state index contributed by atoms with van der Waals surface area (Å²) in [5.41, 5.74) is 1.13. The lowest BCUT2D eigenvalue weighted by molar-refractivity contribution is -0.123. The zero-order valence-corrected chi connectivity index (χ0v) is 8.25. The number of carbonyl (C=O) groups is 1. The quantitative estimate of drug-likeness (QED) is 0.607. The number of aliphatic imine (C=N–C) groups is 1. The van der Waals surface area contributed by atoms with E-state index < -0.39 is 0 Å². The van der Waals surface area contributed by atoms with E-state index in [1.165, 1.54) is 12.8 Å². The fourth-order valence-corrected chi connectivity index (χ4v) is 2.47. The standard InChI is InChI=1S/C11H17NO/c1-2-8-7-11(13)9-5-3-4-6-10(9)12-8/h9-10H,2-7H2,1H3. The van der Waals surface area contributed by atoms with Crippen LogP contribution >= 0.6 is 0 Å². The Morgan fingerprint density at radius 2 is 2.15 bits per heavy atom. The summed E-state index contributed by atoms with van der Waals surface area (Å²) in [6, 6.07) is 0.352. The third-order valence-corrected chi connectivity index (χ3v) is 3.28. The lowest BCUT2D eigenvalue weighted by Crippen LogP contribution is -2.36.